The zero-order chi connectivity index (χ0) is 17.4. The van der Waals surface area contributed by atoms with Crippen LogP contribution in [0.1, 0.15) is 12.5 Å². The van der Waals surface area contributed by atoms with Crippen LogP contribution >= 0.6 is 34.4 Å². The molecular weight excluding hydrogens is 374 g/mol. The molecule has 3 heterocycles. The van der Waals surface area contributed by atoms with Crippen LogP contribution in [0.4, 0.5) is 10.3 Å². The second-order valence-corrected chi connectivity index (χ2v) is 9.36. The number of carbonyl (C=O) groups excluding carboxylic acids is 1. The largest absolute Gasteiger partial charge is 0.346 e. The number of nitrogens with one attached hydrogen (secondary N) is 1. The van der Waals surface area contributed by atoms with Gasteiger partial charge in [-0.3, -0.25) is 4.79 Å². The predicted octanol–water partition coefficient (Wildman–Crippen LogP) is 3.64. The Labute approximate surface area is 157 Å². The Bertz CT molecular complexity index is 916. The van der Waals surface area contributed by atoms with Gasteiger partial charge in [0.25, 0.3) is 0 Å². The number of aryl methyl sites for hydroxylation is 1. The molecule has 0 radical (unpaired) electrons. The van der Waals surface area contributed by atoms with Crippen molar-refractivity contribution in [2.24, 2.45) is 5.92 Å². The van der Waals surface area contributed by atoms with Crippen LogP contribution in [0.5, 0.6) is 0 Å². The fourth-order valence-corrected chi connectivity index (χ4v) is 5.34. The maximum atomic E-state index is 12.3. The van der Waals surface area contributed by atoms with Crippen LogP contribution in [0.2, 0.25) is 0 Å². The molecule has 1 aromatic carbocycles. The van der Waals surface area contributed by atoms with E-state index in [4.69, 9.17) is 0 Å². The quantitative estimate of drug-likeness (QED) is 0.529. The summed E-state index contributed by atoms with van der Waals surface area (Å²) < 4.78 is 2.08. The van der Waals surface area contributed by atoms with Gasteiger partial charge in [0.05, 0.1) is 16.1 Å². The topological polar surface area (TPSA) is 71.0 Å². The summed E-state index contributed by atoms with van der Waals surface area (Å²) in [6.07, 6.45) is 0. The molecule has 1 aliphatic rings. The Kier molecular flexibility index (Phi) is 4.61. The minimum absolute atomic E-state index is 0.0115. The molecule has 0 saturated carbocycles. The van der Waals surface area contributed by atoms with Crippen LogP contribution < -0.4 is 10.2 Å². The molecule has 0 atom stereocenters. The van der Waals surface area contributed by atoms with Gasteiger partial charge in [0.15, 0.2) is 9.47 Å². The molecule has 1 amide bonds. The molecule has 0 bridgehead atoms. The van der Waals surface area contributed by atoms with Gasteiger partial charge in [-0.25, -0.2) is 4.98 Å². The lowest BCUT2D eigenvalue weighted by Gasteiger charge is -2.37. The smallest absolute Gasteiger partial charge is 0.232 e. The van der Waals surface area contributed by atoms with E-state index in [1.165, 1.54) is 21.6 Å². The van der Waals surface area contributed by atoms with Gasteiger partial charge in [-0.1, -0.05) is 47.4 Å². The molecule has 1 N–H and O–H groups in total. The van der Waals surface area contributed by atoms with E-state index < -0.39 is 0 Å². The number of thioether (sulfide) groups is 1. The molecule has 0 unspecified atom stereocenters. The molecule has 0 spiro atoms. The molecule has 2 aromatic heterocycles. The number of benzene rings is 1. The second-order valence-electron chi connectivity index (χ2n) is 5.86. The fourth-order valence-electron chi connectivity index (χ4n) is 2.61. The summed E-state index contributed by atoms with van der Waals surface area (Å²) in [6, 6.07) is 6.28. The molecule has 1 saturated heterocycles. The summed E-state index contributed by atoms with van der Waals surface area (Å²) in [6.45, 7) is 5.54. The number of anilines is 2. The van der Waals surface area contributed by atoms with Gasteiger partial charge in [-0.05, 0) is 30.4 Å². The van der Waals surface area contributed by atoms with Gasteiger partial charge in [-0.15, -0.1) is 10.2 Å². The van der Waals surface area contributed by atoms with Crippen LogP contribution in [0, 0.1) is 12.8 Å². The van der Waals surface area contributed by atoms with Gasteiger partial charge in [0, 0.05) is 13.1 Å². The lowest BCUT2D eigenvalue weighted by molar-refractivity contribution is -0.120. The summed E-state index contributed by atoms with van der Waals surface area (Å²) in [5, 5.41) is 12.5. The Morgan fingerprint density at radius 1 is 1.36 bits per heavy atom. The van der Waals surface area contributed by atoms with Crippen molar-refractivity contribution < 1.29 is 4.79 Å². The zero-order valence-electron chi connectivity index (χ0n) is 13.9. The standard InChI is InChI=1S/C16H17N5OS3/c1-3-23-16-20-19-14(25-16)18-13(22)10-7-21(8-10)15-17-11-5-4-9(2)6-12(11)24-15/h4-6,10H,3,7-8H2,1-2H3,(H,18,19,22). The Morgan fingerprint density at radius 2 is 2.20 bits per heavy atom. The Morgan fingerprint density at radius 3 is 3.00 bits per heavy atom. The lowest BCUT2D eigenvalue weighted by atomic mass is 10.0. The first kappa shape index (κ1) is 16.7. The number of rotatable bonds is 5. The Hall–Kier alpha value is -1.71. The third kappa shape index (κ3) is 3.49. The number of hydrogen-bond donors (Lipinski definition) is 1. The molecule has 3 aromatic rings. The average Bonchev–Trinajstić information content (AvgIpc) is 3.12. The van der Waals surface area contributed by atoms with Crippen molar-refractivity contribution in [3.05, 3.63) is 23.8 Å². The monoisotopic (exact) mass is 391 g/mol. The first-order valence-electron chi connectivity index (χ1n) is 8.01. The molecule has 1 fully saturated rings. The van der Waals surface area contributed by atoms with Crippen molar-refractivity contribution in [3.8, 4) is 0 Å². The maximum Gasteiger partial charge on any atom is 0.232 e. The summed E-state index contributed by atoms with van der Waals surface area (Å²) >= 11 is 4.74. The summed E-state index contributed by atoms with van der Waals surface area (Å²) in [5.41, 5.74) is 2.26. The summed E-state index contributed by atoms with van der Waals surface area (Å²) in [4.78, 5) is 19.2. The van der Waals surface area contributed by atoms with Crippen molar-refractivity contribution in [2.75, 3.05) is 29.1 Å². The van der Waals surface area contributed by atoms with E-state index in [1.807, 2.05) is 0 Å². The molecule has 0 aliphatic carbocycles. The van der Waals surface area contributed by atoms with E-state index in [-0.39, 0.29) is 11.8 Å². The lowest BCUT2D eigenvalue weighted by Crippen LogP contribution is -2.52. The Balaban J connectivity index is 1.36. The second kappa shape index (κ2) is 6.89. The van der Waals surface area contributed by atoms with Crippen LogP contribution in [-0.2, 0) is 4.79 Å². The van der Waals surface area contributed by atoms with Crippen LogP contribution in [-0.4, -0.2) is 39.9 Å². The van der Waals surface area contributed by atoms with E-state index >= 15 is 0 Å². The number of amides is 1. The van der Waals surface area contributed by atoms with E-state index in [9.17, 15) is 4.79 Å². The third-order valence-electron chi connectivity index (χ3n) is 3.96. The highest BCUT2D eigenvalue weighted by Crippen LogP contribution is 2.34. The molecule has 130 valence electrons. The normalized spacial score (nSPS) is 14.7. The van der Waals surface area contributed by atoms with Gasteiger partial charge >= 0.3 is 0 Å². The van der Waals surface area contributed by atoms with Gasteiger partial charge in [-0.2, -0.15) is 0 Å². The average molecular weight is 392 g/mol. The van der Waals surface area contributed by atoms with Crippen molar-refractivity contribution in [1.82, 2.24) is 15.2 Å². The van der Waals surface area contributed by atoms with Gasteiger partial charge in [0.2, 0.25) is 11.0 Å². The van der Waals surface area contributed by atoms with Crippen molar-refractivity contribution >= 4 is 60.8 Å². The highest BCUT2D eigenvalue weighted by atomic mass is 32.2. The molecule has 9 heteroatoms. The van der Waals surface area contributed by atoms with E-state index in [1.54, 1.807) is 23.1 Å². The predicted molar refractivity (Wildman–Crippen MR) is 105 cm³/mol. The summed E-state index contributed by atoms with van der Waals surface area (Å²) in [5.74, 6) is 0.930. The number of hydrogen-bond acceptors (Lipinski definition) is 8. The first-order chi connectivity index (χ1) is 12.1. The van der Waals surface area contributed by atoms with Crippen LogP contribution in [0.15, 0.2) is 22.5 Å². The minimum atomic E-state index is -0.0278. The zero-order valence-corrected chi connectivity index (χ0v) is 16.3. The van der Waals surface area contributed by atoms with E-state index in [0.29, 0.717) is 18.2 Å². The molecular formula is C16H17N5OS3. The maximum absolute atomic E-state index is 12.3. The highest BCUT2D eigenvalue weighted by Gasteiger charge is 2.34. The number of nitrogens with zero attached hydrogens (tertiary/aromatic N) is 4. The number of fused-ring (bicyclic) bond motifs is 1. The van der Waals surface area contributed by atoms with Crippen LogP contribution in [0.3, 0.4) is 0 Å². The number of carbonyl (C=O) groups is 1. The third-order valence-corrected chi connectivity index (χ3v) is 6.89. The SMILES string of the molecule is CCSc1nnc(NC(=O)C2CN(c3nc4ccc(C)cc4s3)C2)s1. The number of aromatic nitrogens is 3. The van der Waals surface area contributed by atoms with E-state index in [2.05, 4.69) is 57.4 Å². The van der Waals surface area contributed by atoms with E-state index in [0.717, 1.165) is 20.7 Å². The fraction of sp³-hybridized carbons (Fsp3) is 0.375. The first-order valence-corrected chi connectivity index (χ1v) is 10.6. The van der Waals surface area contributed by atoms with Crippen molar-refractivity contribution in [3.63, 3.8) is 0 Å². The van der Waals surface area contributed by atoms with Crippen LogP contribution in [0.25, 0.3) is 10.2 Å². The molecule has 1 aliphatic heterocycles. The van der Waals surface area contributed by atoms with Gasteiger partial charge in [0.1, 0.15) is 0 Å². The molecule has 6 nitrogen and oxygen atoms in total. The van der Waals surface area contributed by atoms with Crippen molar-refractivity contribution in [2.45, 2.75) is 18.2 Å². The molecule has 4 rings (SSSR count). The minimum Gasteiger partial charge on any atom is -0.346 e. The molecule has 25 heavy (non-hydrogen) atoms. The highest BCUT2D eigenvalue weighted by molar-refractivity contribution is 8.01. The van der Waals surface area contributed by atoms with Gasteiger partial charge < -0.3 is 10.2 Å². The van der Waals surface area contributed by atoms with Crippen molar-refractivity contribution in [1.29, 1.82) is 0 Å². The number of thiazole rings is 1. The summed E-state index contributed by atoms with van der Waals surface area (Å²) in [7, 11) is 0.